The Labute approximate surface area is 198 Å². The molecule has 0 unspecified atom stereocenters. The summed E-state index contributed by atoms with van der Waals surface area (Å²) in [5.41, 5.74) is -0.100. The van der Waals surface area contributed by atoms with Crippen molar-refractivity contribution in [3.63, 3.8) is 0 Å². The topological polar surface area (TPSA) is 65.3 Å². The number of alkyl halides is 3. The van der Waals surface area contributed by atoms with Crippen LogP contribution in [0.3, 0.4) is 0 Å². The number of rotatable bonds is 4. The number of carbonyl (C=O) groups excluding carboxylic acids is 1. The van der Waals surface area contributed by atoms with E-state index in [0.29, 0.717) is 20.5 Å². The Morgan fingerprint density at radius 2 is 1.76 bits per heavy atom. The number of nitrogens with zero attached hydrogens (tertiary/aromatic N) is 3. The molecule has 1 aliphatic carbocycles. The van der Waals surface area contributed by atoms with Gasteiger partial charge in [0.05, 0.1) is 21.8 Å². The molecule has 0 bridgehead atoms. The van der Waals surface area contributed by atoms with Crippen LogP contribution in [0.15, 0.2) is 57.6 Å². The maximum Gasteiger partial charge on any atom is 0.416 e. The summed E-state index contributed by atoms with van der Waals surface area (Å²) in [6, 6.07) is 9.04. The van der Waals surface area contributed by atoms with Crippen molar-refractivity contribution >= 4 is 51.7 Å². The fraction of sp³-hybridized carbons (Fsp3) is 0.304. The monoisotopic (exact) mass is 491 g/mol. The highest BCUT2D eigenvalue weighted by atomic mass is 32.2. The van der Waals surface area contributed by atoms with Gasteiger partial charge in [-0.15, -0.1) is 0 Å². The van der Waals surface area contributed by atoms with Crippen molar-refractivity contribution in [3.8, 4) is 5.75 Å². The molecule has 0 spiro atoms. The van der Waals surface area contributed by atoms with Crippen molar-refractivity contribution in [1.82, 2.24) is 4.90 Å². The second kappa shape index (κ2) is 9.64. The molecule has 10 heteroatoms. The van der Waals surface area contributed by atoms with Crippen LogP contribution in [0.1, 0.15) is 43.2 Å². The van der Waals surface area contributed by atoms with E-state index in [1.165, 1.54) is 42.1 Å². The number of carbonyl (C=O) groups is 1. The molecule has 4 rings (SSSR count). The summed E-state index contributed by atoms with van der Waals surface area (Å²) in [4.78, 5) is 15.1. The minimum Gasteiger partial charge on any atom is -0.507 e. The van der Waals surface area contributed by atoms with Crippen LogP contribution in [0.2, 0.25) is 0 Å². The van der Waals surface area contributed by atoms with Gasteiger partial charge in [-0.1, -0.05) is 49.3 Å². The SMILES string of the molecule is O=C1/C(=C\c2cc(N=Nc3cccc(C(F)(F)F)c3)ccc2O)SC(=S)N1C1CCCCC1. The highest BCUT2D eigenvalue weighted by Gasteiger charge is 2.37. The molecule has 1 saturated carbocycles. The maximum atomic E-state index is 13.0. The van der Waals surface area contributed by atoms with E-state index in [-0.39, 0.29) is 23.4 Å². The summed E-state index contributed by atoms with van der Waals surface area (Å²) < 4.78 is 39.1. The van der Waals surface area contributed by atoms with Gasteiger partial charge in [0.2, 0.25) is 0 Å². The number of benzene rings is 2. The van der Waals surface area contributed by atoms with Gasteiger partial charge in [-0.25, -0.2) is 0 Å². The van der Waals surface area contributed by atoms with Gasteiger partial charge in [0.15, 0.2) is 0 Å². The molecule has 1 saturated heterocycles. The Morgan fingerprint density at radius 3 is 2.45 bits per heavy atom. The Balaban J connectivity index is 1.55. The molecular weight excluding hydrogens is 471 g/mol. The third-order valence-electron chi connectivity index (χ3n) is 5.52. The van der Waals surface area contributed by atoms with E-state index in [1.54, 1.807) is 11.0 Å². The second-order valence-corrected chi connectivity index (χ2v) is 9.51. The number of aromatic hydroxyl groups is 1. The molecule has 0 atom stereocenters. The predicted molar refractivity (Wildman–Crippen MR) is 126 cm³/mol. The Bertz CT molecular complexity index is 1140. The smallest absolute Gasteiger partial charge is 0.416 e. The van der Waals surface area contributed by atoms with Crippen LogP contribution < -0.4 is 0 Å². The largest absolute Gasteiger partial charge is 0.507 e. The van der Waals surface area contributed by atoms with E-state index in [0.717, 1.165) is 44.2 Å². The zero-order valence-corrected chi connectivity index (χ0v) is 19.0. The second-order valence-electron chi connectivity index (χ2n) is 7.83. The summed E-state index contributed by atoms with van der Waals surface area (Å²) >= 11 is 6.63. The van der Waals surface area contributed by atoms with Gasteiger partial charge in [0, 0.05) is 11.6 Å². The number of thiocarbonyl (C=S) groups is 1. The summed E-state index contributed by atoms with van der Waals surface area (Å²) in [6.07, 6.45) is 2.24. The summed E-state index contributed by atoms with van der Waals surface area (Å²) in [7, 11) is 0. The number of phenolic OH excluding ortho intramolecular Hbond substituents is 1. The standard InChI is InChI=1S/C23H20F3N3O2S2/c24-23(25,26)15-5-4-6-16(13-15)27-28-17-9-10-19(30)14(11-17)12-20-21(31)29(22(32)33-20)18-7-2-1-3-8-18/h4-6,9-13,18,30H,1-3,7-8H2/b20-12+,28-27?. The molecule has 2 aromatic rings. The molecule has 0 aromatic heterocycles. The first-order valence-electron chi connectivity index (χ1n) is 10.4. The Hall–Kier alpha value is -2.72. The van der Waals surface area contributed by atoms with Crippen LogP contribution >= 0.6 is 24.0 Å². The van der Waals surface area contributed by atoms with Crippen LogP contribution in [0.5, 0.6) is 5.75 Å². The Kier molecular flexibility index (Phi) is 6.85. The van der Waals surface area contributed by atoms with Crippen molar-refractivity contribution in [2.24, 2.45) is 10.2 Å². The predicted octanol–water partition coefficient (Wildman–Crippen LogP) is 7.36. The molecule has 2 fully saturated rings. The minimum absolute atomic E-state index is 0.0489. The van der Waals surface area contributed by atoms with Crippen molar-refractivity contribution in [2.75, 3.05) is 0 Å². The highest BCUT2D eigenvalue weighted by molar-refractivity contribution is 8.26. The summed E-state index contributed by atoms with van der Waals surface area (Å²) in [5, 5.41) is 18.1. The quantitative estimate of drug-likeness (QED) is 0.276. The molecule has 33 heavy (non-hydrogen) atoms. The zero-order chi connectivity index (χ0) is 23.6. The van der Waals surface area contributed by atoms with Gasteiger partial charge in [0.25, 0.3) is 5.91 Å². The number of hydrogen-bond acceptors (Lipinski definition) is 6. The lowest BCUT2D eigenvalue weighted by Crippen LogP contribution is -2.39. The average Bonchev–Trinajstić information content (AvgIpc) is 3.07. The van der Waals surface area contributed by atoms with Gasteiger partial charge in [-0.3, -0.25) is 9.69 Å². The van der Waals surface area contributed by atoms with Gasteiger partial charge < -0.3 is 5.11 Å². The normalized spacial score (nSPS) is 19.2. The van der Waals surface area contributed by atoms with Crippen LogP contribution in [0.4, 0.5) is 24.5 Å². The summed E-state index contributed by atoms with van der Waals surface area (Å²) in [6.45, 7) is 0. The Morgan fingerprint density at radius 1 is 1.06 bits per heavy atom. The number of halogens is 3. The first-order chi connectivity index (χ1) is 15.7. The van der Waals surface area contributed by atoms with Gasteiger partial charge in [0.1, 0.15) is 10.1 Å². The van der Waals surface area contributed by atoms with Crippen LogP contribution in [-0.4, -0.2) is 26.3 Å². The van der Waals surface area contributed by atoms with E-state index in [9.17, 15) is 23.1 Å². The third-order valence-corrected chi connectivity index (χ3v) is 6.85. The summed E-state index contributed by atoms with van der Waals surface area (Å²) in [5.74, 6) is -0.233. The lowest BCUT2D eigenvalue weighted by Gasteiger charge is -2.29. The van der Waals surface area contributed by atoms with Gasteiger partial charge in [-0.05, 0) is 55.3 Å². The van der Waals surface area contributed by atoms with Crippen molar-refractivity contribution in [2.45, 2.75) is 44.3 Å². The van der Waals surface area contributed by atoms with E-state index >= 15 is 0 Å². The zero-order valence-electron chi connectivity index (χ0n) is 17.4. The molecule has 5 nitrogen and oxygen atoms in total. The third kappa shape index (κ3) is 5.44. The first kappa shape index (κ1) is 23.4. The molecular formula is C23H20F3N3O2S2. The number of azo groups is 1. The molecule has 1 aliphatic heterocycles. The van der Waals surface area contributed by atoms with E-state index in [2.05, 4.69) is 10.2 Å². The fourth-order valence-corrected chi connectivity index (χ4v) is 5.25. The molecule has 0 radical (unpaired) electrons. The number of amides is 1. The minimum atomic E-state index is -4.47. The van der Waals surface area contributed by atoms with E-state index < -0.39 is 11.7 Å². The van der Waals surface area contributed by atoms with Crippen LogP contribution in [0.25, 0.3) is 6.08 Å². The molecule has 2 aliphatic rings. The van der Waals surface area contributed by atoms with Crippen molar-refractivity contribution < 1.29 is 23.1 Å². The van der Waals surface area contributed by atoms with Crippen LogP contribution in [0, 0.1) is 0 Å². The van der Waals surface area contributed by atoms with E-state index in [1.807, 2.05) is 0 Å². The molecule has 1 heterocycles. The molecule has 2 aromatic carbocycles. The molecule has 1 N–H and O–H groups in total. The van der Waals surface area contributed by atoms with Gasteiger partial charge >= 0.3 is 6.18 Å². The van der Waals surface area contributed by atoms with Crippen molar-refractivity contribution in [1.29, 1.82) is 0 Å². The number of thioether (sulfide) groups is 1. The molecule has 1 amide bonds. The lowest BCUT2D eigenvalue weighted by atomic mass is 9.94. The lowest BCUT2D eigenvalue weighted by molar-refractivity contribution is -0.137. The van der Waals surface area contributed by atoms with E-state index in [4.69, 9.17) is 12.2 Å². The van der Waals surface area contributed by atoms with Crippen LogP contribution in [-0.2, 0) is 11.0 Å². The number of phenols is 1. The maximum absolute atomic E-state index is 13.0. The highest BCUT2D eigenvalue weighted by Crippen LogP contribution is 2.39. The fourth-order valence-electron chi connectivity index (χ4n) is 3.85. The van der Waals surface area contributed by atoms with Gasteiger partial charge in [-0.2, -0.15) is 23.4 Å². The molecule has 172 valence electrons. The average molecular weight is 492 g/mol. The number of hydrogen-bond donors (Lipinski definition) is 1. The first-order valence-corrected chi connectivity index (χ1v) is 11.6. The van der Waals surface area contributed by atoms with Crippen molar-refractivity contribution in [3.05, 3.63) is 58.5 Å².